The largest absolute Gasteiger partial charge is 0.454 e. The Bertz CT molecular complexity index is 1210. The summed E-state index contributed by atoms with van der Waals surface area (Å²) in [5, 5.41) is 7.04. The van der Waals surface area contributed by atoms with Gasteiger partial charge in [0, 0.05) is 12.6 Å². The van der Waals surface area contributed by atoms with E-state index in [2.05, 4.69) is 20.4 Å². The van der Waals surface area contributed by atoms with Crippen LogP contribution in [0.2, 0.25) is 0 Å². The highest BCUT2D eigenvalue weighted by Gasteiger charge is 2.34. The summed E-state index contributed by atoms with van der Waals surface area (Å²) in [5.74, 6) is 2.12. The Kier molecular flexibility index (Phi) is 4.46. The van der Waals surface area contributed by atoms with Crippen LogP contribution in [0.4, 0.5) is 19.0 Å². The minimum absolute atomic E-state index is 0.168. The molecule has 3 aromatic heterocycles. The number of alkyl halides is 3. The molecule has 0 spiro atoms. The van der Waals surface area contributed by atoms with Gasteiger partial charge in [0.15, 0.2) is 11.5 Å². The molecule has 0 unspecified atom stereocenters. The van der Waals surface area contributed by atoms with E-state index in [0.717, 1.165) is 11.6 Å². The summed E-state index contributed by atoms with van der Waals surface area (Å²) in [6.45, 7) is 0.638. The van der Waals surface area contributed by atoms with Crippen molar-refractivity contribution in [1.29, 1.82) is 0 Å². The van der Waals surface area contributed by atoms with E-state index in [1.165, 1.54) is 6.20 Å². The van der Waals surface area contributed by atoms with Crippen LogP contribution in [0.25, 0.3) is 21.8 Å². The molecule has 11 heteroatoms. The Morgan fingerprint density at radius 2 is 1.93 bits per heavy atom. The third-order valence-corrected chi connectivity index (χ3v) is 5.55. The maximum atomic E-state index is 13.2. The van der Waals surface area contributed by atoms with Crippen LogP contribution in [-0.4, -0.2) is 28.5 Å². The van der Waals surface area contributed by atoms with E-state index < -0.39 is 11.1 Å². The van der Waals surface area contributed by atoms with Gasteiger partial charge in [0.1, 0.15) is 15.5 Å². The fourth-order valence-corrected chi connectivity index (χ4v) is 3.96. The molecule has 0 radical (unpaired) electrons. The summed E-state index contributed by atoms with van der Waals surface area (Å²) in [5.41, 5.74) is 0.994. The second-order valence-corrected chi connectivity index (χ2v) is 7.49. The predicted octanol–water partition coefficient (Wildman–Crippen LogP) is 4.75. The second kappa shape index (κ2) is 7.17. The number of hydrogen-bond acceptors (Lipinski definition) is 8. The molecule has 1 N–H and O–H groups in total. The van der Waals surface area contributed by atoms with Gasteiger partial charge in [-0.15, -0.1) is 11.3 Å². The molecule has 30 heavy (non-hydrogen) atoms. The number of rotatable bonds is 5. The summed E-state index contributed by atoms with van der Waals surface area (Å²) in [4.78, 5) is 8.07. The molecule has 7 nitrogen and oxygen atoms in total. The molecule has 0 fully saturated rings. The first-order valence-electron chi connectivity index (χ1n) is 8.89. The molecule has 0 saturated carbocycles. The lowest BCUT2D eigenvalue weighted by atomic mass is 10.1. The van der Waals surface area contributed by atoms with Crippen molar-refractivity contribution in [3.8, 4) is 23.1 Å². The minimum Gasteiger partial charge on any atom is -0.454 e. The predicted molar refractivity (Wildman–Crippen MR) is 103 cm³/mol. The summed E-state index contributed by atoms with van der Waals surface area (Å²) in [6.07, 6.45) is -2.43. The Labute approximate surface area is 171 Å². The van der Waals surface area contributed by atoms with Crippen molar-refractivity contribution in [2.75, 3.05) is 18.7 Å². The van der Waals surface area contributed by atoms with Crippen molar-refractivity contribution in [2.45, 2.75) is 12.6 Å². The minimum atomic E-state index is -4.46. The lowest BCUT2D eigenvalue weighted by Gasteiger charge is -2.08. The van der Waals surface area contributed by atoms with Gasteiger partial charge in [-0.3, -0.25) is 0 Å². The average Bonchev–Trinajstić information content (AvgIpc) is 3.46. The van der Waals surface area contributed by atoms with Crippen LogP contribution < -0.4 is 14.8 Å². The molecule has 5 rings (SSSR count). The normalized spacial score (nSPS) is 13.2. The van der Waals surface area contributed by atoms with Gasteiger partial charge in [-0.2, -0.15) is 13.2 Å². The maximum absolute atomic E-state index is 13.2. The smallest absolute Gasteiger partial charge is 0.425 e. The maximum Gasteiger partial charge on any atom is 0.425 e. The third-order valence-electron chi connectivity index (χ3n) is 4.47. The highest BCUT2D eigenvalue weighted by Crippen LogP contribution is 2.40. The molecule has 1 aromatic carbocycles. The van der Waals surface area contributed by atoms with Gasteiger partial charge in [0.25, 0.3) is 0 Å². The fraction of sp³-hybridized carbons (Fsp3) is 0.211. The molecular formula is C19H13F3N4O3S. The topological polar surface area (TPSA) is 82.3 Å². The van der Waals surface area contributed by atoms with E-state index in [9.17, 15) is 13.2 Å². The van der Waals surface area contributed by atoms with Gasteiger partial charge in [-0.25, -0.2) is 9.97 Å². The standard InChI is InChI=1S/C19H13F3N4O3S/c20-19(21,22)15-8-11-16(25-17(26-18(11)30-15)13-4-6-24-29-13)23-5-3-10-1-2-12-14(7-10)28-9-27-12/h1-2,4,6-8H,3,5,9H2,(H,23,25,26). The van der Waals surface area contributed by atoms with Crippen LogP contribution in [-0.2, 0) is 12.6 Å². The Morgan fingerprint density at radius 1 is 1.07 bits per heavy atom. The number of anilines is 1. The first-order valence-corrected chi connectivity index (χ1v) is 9.71. The molecule has 1 aliphatic rings. The van der Waals surface area contributed by atoms with Gasteiger partial charge >= 0.3 is 6.18 Å². The second-order valence-electron chi connectivity index (χ2n) is 6.46. The van der Waals surface area contributed by atoms with E-state index in [-0.39, 0.29) is 23.2 Å². The number of halogens is 3. The van der Waals surface area contributed by atoms with Crippen LogP contribution in [0.5, 0.6) is 11.5 Å². The molecule has 0 saturated heterocycles. The highest BCUT2D eigenvalue weighted by atomic mass is 32.1. The van der Waals surface area contributed by atoms with E-state index in [0.29, 0.717) is 47.0 Å². The number of ether oxygens (including phenoxy) is 2. The van der Waals surface area contributed by atoms with Gasteiger partial charge in [0.2, 0.25) is 18.4 Å². The number of thiophene rings is 1. The lowest BCUT2D eigenvalue weighted by Crippen LogP contribution is -2.07. The van der Waals surface area contributed by atoms with Gasteiger partial charge in [0.05, 0.1) is 11.6 Å². The zero-order chi connectivity index (χ0) is 20.7. The summed E-state index contributed by atoms with van der Waals surface area (Å²) >= 11 is 0.565. The van der Waals surface area contributed by atoms with Gasteiger partial charge < -0.3 is 19.3 Å². The lowest BCUT2D eigenvalue weighted by molar-refractivity contribution is -0.134. The van der Waals surface area contributed by atoms with Crippen LogP contribution in [0.1, 0.15) is 10.4 Å². The van der Waals surface area contributed by atoms with Crippen LogP contribution in [0.3, 0.4) is 0 Å². The zero-order valence-corrected chi connectivity index (χ0v) is 16.0. The summed E-state index contributed by atoms with van der Waals surface area (Å²) < 4.78 is 55.3. The van der Waals surface area contributed by atoms with E-state index in [1.54, 1.807) is 6.07 Å². The van der Waals surface area contributed by atoms with Gasteiger partial charge in [-0.1, -0.05) is 11.2 Å². The first kappa shape index (κ1) is 18.7. The monoisotopic (exact) mass is 434 g/mol. The Hall–Kier alpha value is -3.34. The number of nitrogens with zero attached hydrogens (tertiary/aromatic N) is 3. The number of aromatic nitrogens is 3. The van der Waals surface area contributed by atoms with Crippen molar-refractivity contribution in [3.05, 3.63) is 47.0 Å². The fourth-order valence-electron chi connectivity index (χ4n) is 3.06. The zero-order valence-electron chi connectivity index (χ0n) is 15.2. The van der Waals surface area contributed by atoms with Crippen molar-refractivity contribution >= 4 is 27.4 Å². The molecule has 154 valence electrons. The average molecular weight is 434 g/mol. The number of benzene rings is 1. The molecule has 0 bridgehead atoms. The van der Waals surface area contributed by atoms with Crippen molar-refractivity contribution in [1.82, 2.24) is 15.1 Å². The number of fused-ring (bicyclic) bond motifs is 2. The van der Waals surface area contributed by atoms with Crippen LogP contribution in [0.15, 0.2) is 41.1 Å². The van der Waals surface area contributed by atoms with E-state index in [4.69, 9.17) is 14.0 Å². The van der Waals surface area contributed by atoms with Crippen molar-refractivity contribution in [3.63, 3.8) is 0 Å². The number of nitrogens with one attached hydrogen (secondary N) is 1. The third kappa shape index (κ3) is 3.52. The summed E-state index contributed by atoms with van der Waals surface area (Å²) in [7, 11) is 0. The molecule has 0 atom stereocenters. The molecule has 0 aliphatic carbocycles. The Balaban J connectivity index is 1.43. The van der Waals surface area contributed by atoms with Crippen molar-refractivity contribution < 1.29 is 27.2 Å². The molecule has 1 aliphatic heterocycles. The highest BCUT2D eigenvalue weighted by molar-refractivity contribution is 7.18. The van der Waals surface area contributed by atoms with E-state index >= 15 is 0 Å². The number of hydrogen-bond donors (Lipinski definition) is 1. The van der Waals surface area contributed by atoms with Crippen molar-refractivity contribution in [2.24, 2.45) is 0 Å². The van der Waals surface area contributed by atoms with Gasteiger partial charge in [-0.05, 0) is 30.2 Å². The molecule has 0 amide bonds. The molecular weight excluding hydrogens is 421 g/mol. The van der Waals surface area contributed by atoms with E-state index in [1.807, 2.05) is 18.2 Å². The Morgan fingerprint density at radius 3 is 2.73 bits per heavy atom. The van der Waals surface area contributed by atoms with Crippen LogP contribution >= 0.6 is 11.3 Å². The summed E-state index contributed by atoms with van der Waals surface area (Å²) in [6, 6.07) is 8.24. The van der Waals surface area contributed by atoms with Crippen LogP contribution in [0, 0.1) is 0 Å². The quantitative estimate of drug-likeness (QED) is 0.485. The molecule has 4 heterocycles. The molecule has 4 aromatic rings. The first-order chi connectivity index (χ1) is 14.5. The SMILES string of the molecule is FC(F)(F)c1cc2c(NCCc3ccc4c(c3)OCO4)nc(-c3ccno3)nc2s1.